The molecule has 1 aromatic heterocycles. The Balaban J connectivity index is 1.73. The van der Waals surface area contributed by atoms with E-state index in [1.54, 1.807) is 19.2 Å². The van der Waals surface area contributed by atoms with Crippen LogP contribution in [-0.4, -0.2) is 34.0 Å². The number of methoxy groups -OCH3 is 1. The molecule has 162 valence electrons. The van der Waals surface area contributed by atoms with Gasteiger partial charge in [-0.05, 0) is 49.2 Å². The van der Waals surface area contributed by atoms with Gasteiger partial charge in [0.25, 0.3) is 5.56 Å². The molecule has 0 unspecified atom stereocenters. The molecule has 1 amide bonds. The zero-order valence-electron chi connectivity index (χ0n) is 17.8. The Kier molecular flexibility index (Phi) is 6.32. The van der Waals surface area contributed by atoms with Crippen molar-refractivity contribution >= 4 is 16.8 Å². The van der Waals surface area contributed by atoms with E-state index < -0.39 is 5.91 Å². The van der Waals surface area contributed by atoms with Crippen molar-refractivity contribution in [1.82, 2.24) is 14.5 Å². The molecule has 0 saturated carbocycles. The Hall–Kier alpha value is -3.19. The zero-order valence-corrected chi connectivity index (χ0v) is 17.8. The van der Waals surface area contributed by atoms with Crippen LogP contribution in [0, 0.1) is 0 Å². The van der Waals surface area contributed by atoms with Crippen LogP contribution in [0.4, 0.5) is 0 Å². The third kappa shape index (κ3) is 4.61. The number of carbonyl (C=O) groups is 1. The summed E-state index contributed by atoms with van der Waals surface area (Å²) in [5.41, 5.74) is 7.08. The van der Waals surface area contributed by atoms with E-state index in [2.05, 4.69) is 17.0 Å². The number of aromatic nitrogens is 2. The molecule has 0 aliphatic carbocycles. The third-order valence-electron chi connectivity index (χ3n) is 5.96. The average molecular weight is 421 g/mol. The molecule has 2 heterocycles. The van der Waals surface area contributed by atoms with Crippen LogP contribution in [0.5, 0.6) is 5.75 Å². The summed E-state index contributed by atoms with van der Waals surface area (Å²) in [7, 11) is 1.66. The SMILES string of the molecule is COc1ccc([C@@H]2CCCCCN2Cc2nc3ccccc3c(=O)n2CC(N)=O)cc1. The van der Waals surface area contributed by atoms with E-state index in [9.17, 15) is 9.59 Å². The molecular formula is C24H28N4O3. The van der Waals surface area contributed by atoms with Crippen LogP contribution in [-0.2, 0) is 17.9 Å². The van der Waals surface area contributed by atoms with Crippen LogP contribution in [0.1, 0.15) is 43.1 Å². The highest BCUT2D eigenvalue weighted by molar-refractivity contribution is 5.78. The maximum absolute atomic E-state index is 13.1. The van der Waals surface area contributed by atoms with Crippen LogP contribution >= 0.6 is 0 Å². The molecule has 2 aromatic carbocycles. The summed E-state index contributed by atoms with van der Waals surface area (Å²) in [4.78, 5) is 31.9. The monoisotopic (exact) mass is 420 g/mol. The normalized spacial score (nSPS) is 17.4. The average Bonchev–Trinajstić information content (AvgIpc) is 3.02. The van der Waals surface area contributed by atoms with E-state index in [0.717, 1.165) is 31.6 Å². The van der Waals surface area contributed by atoms with Crippen molar-refractivity contribution in [2.24, 2.45) is 5.73 Å². The molecule has 1 saturated heterocycles. The van der Waals surface area contributed by atoms with Gasteiger partial charge in [0.2, 0.25) is 5.91 Å². The van der Waals surface area contributed by atoms with Gasteiger partial charge in [-0.3, -0.25) is 19.1 Å². The highest BCUT2D eigenvalue weighted by atomic mass is 16.5. The van der Waals surface area contributed by atoms with Crippen LogP contribution < -0.4 is 16.0 Å². The number of ether oxygens (including phenoxy) is 1. The van der Waals surface area contributed by atoms with Gasteiger partial charge in [-0.1, -0.05) is 37.1 Å². The molecule has 0 bridgehead atoms. The Bertz CT molecular complexity index is 1120. The second-order valence-corrected chi connectivity index (χ2v) is 8.01. The molecular weight excluding hydrogens is 392 g/mol. The van der Waals surface area contributed by atoms with Crippen LogP contribution in [0.3, 0.4) is 0 Å². The fourth-order valence-corrected chi connectivity index (χ4v) is 4.40. The van der Waals surface area contributed by atoms with Crippen LogP contribution in [0.25, 0.3) is 10.9 Å². The predicted octanol–water partition coefficient (Wildman–Crippen LogP) is 3.01. The minimum atomic E-state index is -0.553. The standard InChI is InChI=1S/C24H28N4O3/c1-31-18-12-10-17(11-13-18)21-9-3-2-6-14-27(21)16-23-26-20-8-5-4-7-19(20)24(30)28(23)15-22(25)29/h4-5,7-8,10-13,21H,2-3,6,9,14-16H2,1H3,(H2,25,29)/t21-/m0/s1. The van der Waals surface area contributed by atoms with Crippen LogP contribution in [0.15, 0.2) is 53.3 Å². The second-order valence-electron chi connectivity index (χ2n) is 8.01. The zero-order chi connectivity index (χ0) is 21.8. The highest BCUT2D eigenvalue weighted by Crippen LogP contribution is 2.32. The number of benzene rings is 2. The van der Waals surface area contributed by atoms with Crippen molar-refractivity contribution in [3.8, 4) is 5.75 Å². The summed E-state index contributed by atoms with van der Waals surface area (Å²) in [6.45, 7) is 1.20. The van der Waals surface area contributed by atoms with Crippen molar-refractivity contribution in [2.45, 2.75) is 44.8 Å². The summed E-state index contributed by atoms with van der Waals surface area (Å²) in [6.07, 6.45) is 4.43. The minimum Gasteiger partial charge on any atom is -0.497 e. The number of hydrogen-bond acceptors (Lipinski definition) is 5. The lowest BCUT2D eigenvalue weighted by Gasteiger charge is -2.31. The Morgan fingerprint density at radius 3 is 2.65 bits per heavy atom. The summed E-state index contributed by atoms with van der Waals surface area (Å²) in [5, 5.41) is 0.495. The fraction of sp³-hybridized carbons (Fsp3) is 0.375. The Labute approximate surface area is 181 Å². The van der Waals surface area contributed by atoms with Crippen molar-refractivity contribution < 1.29 is 9.53 Å². The summed E-state index contributed by atoms with van der Waals surface area (Å²) >= 11 is 0. The molecule has 0 spiro atoms. The number of primary amides is 1. The number of rotatable bonds is 6. The van der Waals surface area contributed by atoms with E-state index in [1.807, 2.05) is 24.3 Å². The number of para-hydroxylation sites is 1. The number of fused-ring (bicyclic) bond motifs is 1. The van der Waals surface area contributed by atoms with Crippen LogP contribution in [0.2, 0.25) is 0 Å². The molecule has 0 radical (unpaired) electrons. The van der Waals surface area contributed by atoms with E-state index in [4.69, 9.17) is 15.5 Å². The lowest BCUT2D eigenvalue weighted by Crippen LogP contribution is -2.36. The van der Waals surface area contributed by atoms with Gasteiger partial charge in [0.05, 0.1) is 24.6 Å². The topological polar surface area (TPSA) is 90.4 Å². The molecule has 7 heteroatoms. The molecule has 1 atom stereocenters. The summed E-state index contributed by atoms with van der Waals surface area (Å²) < 4.78 is 6.74. The van der Waals surface area contributed by atoms with Crippen molar-refractivity contribution in [3.63, 3.8) is 0 Å². The smallest absolute Gasteiger partial charge is 0.261 e. The summed E-state index contributed by atoms with van der Waals surface area (Å²) in [6, 6.07) is 15.6. The Morgan fingerprint density at radius 1 is 1.13 bits per heavy atom. The van der Waals surface area contributed by atoms with Crippen molar-refractivity contribution in [3.05, 3.63) is 70.3 Å². The fourth-order valence-electron chi connectivity index (χ4n) is 4.40. The first kappa shape index (κ1) is 21.1. The number of likely N-dealkylation sites (tertiary alicyclic amines) is 1. The Morgan fingerprint density at radius 2 is 1.90 bits per heavy atom. The lowest BCUT2D eigenvalue weighted by atomic mass is 10.0. The number of nitrogens with two attached hydrogens (primary N) is 1. The summed E-state index contributed by atoms with van der Waals surface area (Å²) in [5.74, 6) is 0.848. The quantitative estimate of drug-likeness (QED) is 0.662. The van der Waals surface area contributed by atoms with E-state index in [0.29, 0.717) is 23.3 Å². The second kappa shape index (κ2) is 9.31. The molecule has 4 rings (SSSR count). The minimum absolute atomic E-state index is 0.174. The number of hydrogen-bond donors (Lipinski definition) is 1. The molecule has 3 aromatic rings. The number of nitrogens with zero attached hydrogens (tertiary/aromatic N) is 3. The van der Waals surface area contributed by atoms with E-state index in [1.165, 1.54) is 16.6 Å². The molecule has 2 N–H and O–H groups in total. The first-order valence-electron chi connectivity index (χ1n) is 10.7. The van der Waals surface area contributed by atoms with Gasteiger partial charge in [-0.25, -0.2) is 4.98 Å². The predicted molar refractivity (Wildman–Crippen MR) is 120 cm³/mol. The molecule has 1 aliphatic heterocycles. The van der Waals surface area contributed by atoms with Gasteiger partial charge < -0.3 is 10.5 Å². The number of carbonyl (C=O) groups excluding carboxylic acids is 1. The highest BCUT2D eigenvalue weighted by Gasteiger charge is 2.25. The van der Waals surface area contributed by atoms with Gasteiger partial charge >= 0.3 is 0 Å². The van der Waals surface area contributed by atoms with Crippen molar-refractivity contribution in [1.29, 1.82) is 0 Å². The maximum atomic E-state index is 13.1. The van der Waals surface area contributed by atoms with E-state index >= 15 is 0 Å². The largest absolute Gasteiger partial charge is 0.497 e. The maximum Gasteiger partial charge on any atom is 0.261 e. The van der Waals surface area contributed by atoms with E-state index in [-0.39, 0.29) is 18.1 Å². The first-order chi connectivity index (χ1) is 15.1. The molecule has 1 fully saturated rings. The van der Waals surface area contributed by atoms with Crippen molar-refractivity contribution in [2.75, 3.05) is 13.7 Å². The van der Waals surface area contributed by atoms with Gasteiger partial charge in [-0.2, -0.15) is 0 Å². The molecule has 31 heavy (non-hydrogen) atoms. The molecule has 1 aliphatic rings. The lowest BCUT2D eigenvalue weighted by molar-refractivity contribution is -0.118. The van der Waals surface area contributed by atoms with Gasteiger partial charge in [0.1, 0.15) is 18.1 Å². The molecule has 7 nitrogen and oxygen atoms in total. The van der Waals surface area contributed by atoms with Gasteiger partial charge in [-0.15, -0.1) is 0 Å². The van der Waals surface area contributed by atoms with Gasteiger partial charge in [0.15, 0.2) is 0 Å². The number of amides is 1. The first-order valence-corrected chi connectivity index (χ1v) is 10.7. The third-order valence-corrected chi connectivity index (χ3v) is 5.96. The van der Waals surface area contributed by atoms with Gasteiger partial charge in [0, 0.05) is 6.04 Å².